The number of amides is 1. The lowest BCUT2D eigenvalue weighted by Gasteiger charge is -2.21. The van der Waals surface area contributed by atoms with Crippen LogP contribution < -0.4 is 16.0 Å². The second-order valence-electron chi connectivity index (χ2n) is 8.94. The molecule has 4 aromatic rings. The van der Waals surface area contributed by atoms with Gasteiger partial charge in [0.05, 0.1) is 40.2 Å². The number of nitrogens with one attached hydrogen (secondary N) is 3. The van der Waals surface area contributed by atoms with Gasteiger partial charge in [-0.25, -0.2) is 9.97 Å². The van der Waals surface area contributed by atoms with Crippen LogP contribution in [0.4, 0.5) is 11.8 Å². The van der Waals surface area contributed by atoms with Gasteiger partial charge in [0.2, 0.25) is 11.9 Å². The number of carbonyl (C=O) groups is 1. The van der Waals surface area contributed by atoms with Crippen molar-refractivity contribution in [2.75, 3.05) is 17.2 Å². The fourth-order valence-electron chi connectivity index (χ4n) is 4.49. The molecule has 1 aliphatic rings. The van der Waals surface area contributed by atoms with Gasteiger partial charge in [-0.1, -0.05) is 18.2 Å². The normalized spacial score (nSPS) is 21.6. The lowest BCUT2D eigenvalue weighted by molar-refractivity contribution is -0.119. The third-order valence-electron chi connectivity index (χ3n) is 6.34. The standard InChI is InChI=1S/C25H28N6O3S2/c1-13-20(24-30-17-7-3-4-8-19(17)36-24)23(31-25(28-13)27-12-16-6-5-9-35-16)29-18-10-15(11-26-14(2)32)21(33)22(18)34/h3-9,15,18,21-22,33-34H,10-12H2,1-2H3,(H,26,32)(H2,27,28,29,31)/t15-,18-,21-,22+/m1/s1. The van der Waals surface area contributed by atoms with Gasteiger partial charge in [0.25, 0.3) is 0 Å². The number of rotatable bonds is 8. The van der Waals surface area contributed by atoms with Gasteiger partial charge >= 0.3 is 0 Å². The number of anilines is 2. The maximum absolute atomic E-state index is 11.4. The number of thiazole rings is 1. The third-order valence-corrected chi connectivity index (χ3v) is 8.27. The Bertz CT molecular complexity index is 1330. The van der Waals surface area contributed by atoms with Crippen LogP contribution >= 0.6 is 22.7 Å². The van der Waals surface area contributed by atoms with Crippen molar-refractivity contribution in [3.8, 4) is 10.6 Å². The van der Waals surface area contributed by atoms with Crippen molar-refractivity contribution in [3.05, 3.63) is 52.3 Å². The molecular formula is C25H28N6O3S2. The first-order chi connectivity index (χ1) is 17.4. The molecule has 11 heteroatoms. The molecule has 0 bridgehead atoms. The predicted molar refractivity (Wildman–Crippen MR) is 143 cm³/mol. The van der Waals surface area contributed by atoms with Crippen LogP contribution in [0.1, 0.15) is 23.9 Å². The van der Waals surface area contributed by atoms with E-state index in [0.717, 1.165) is 31.4 Å². The number of aliphatic hydroxyl groups is 2. The van der Waals surface area contributed by atoms with Gasteiger partial charge in [-0.05, 0) is 36.9 Å². The number of hydrogen-bond acceptors (Lipinski definition) is 10. The zero-order valence-electron chi connectivity index (χ0n) is 19.9. The van der Waals surface area contributed by atoms with Crippen molar-refractivity contribution in [1.29, 1.82) is 0 Å². The SMILES string of the molecule is CC(=O)NC[C@H]1C[C@@H](Nc2nc(NCc3cccs3)nc(C)c2-c2nc3ccccc3s2)[C@H](O)[C@@H]1O. The summed E-state index contributed by atoms with van der Waals surface area (Å²) in [6.45, 7) is 4.25. The van der Waals surface area contributed by atoms with Gasteiger partial charge in [0.1, 0.15) is 16.9 Å². The Balaban J connectivity index is 1.47. The van der Waals surface area contributed by atoms with E-state index in [1.807, 2.05) is 48.7 Å². The summed E-state index contributed by atoms with van der Waals surface area (Å²) in [7, 11) is 0. The van der Waals surface area contributed by atoms with E-state index >= 15 is 0 Å². The molecule has 0 radical (unpaired) electrons. The summed E-state index contributed by atoms with van der Waals surface area (Å²) in [4.78, 5) is 26.8. The topological polar surface area (TPSA) is 132 Å². The zero-order valence-corrected chi connectivity index (χ0v) is 21.6. The summed E-state index contributed by atoms with van der Waals surface area (Å²) >= 11 is 3.21. The maximum atomic E-state index is 11.4. The predicted octanol–water partition coefficient (Wildman–Crippen LogP) is 3.39. The Kier molecular flexibility index (Phi) is 7.15. The first-order valence-corrected chi connectivity index (χ1v) is 13.5. The molecule has 0 aliphatic heterocycles. The van der Waals surface area contributed by atoms with Crippen LogP contribution in [0.2, 0.25) is 0 Å². The monoisotopic (exact) mass is 524 g/mol. The van der Waals surface area contributed by atoms with Crippen molar-refractivity contribution in [3.63, 3.8) is 0 Å². The molecule has 1 aliphatic carbocycles. The first-order valence-electron chi connectivity index (χ1n) is 11.8. The fourth-order valence-corrected chi connectivity index (χ4v) is 6.20. The molecule has 1 fully saturated rings. The maximum Gasteiger partial charge on any atom is 0.225 e. The Labute approximate surface area is 216 Å². The van der Waals surface area contributed by atoms with Gasteiger partial charge in [-0.15, -0.1) is 22.7 Å². The summed E-state index contributed by atoms with van der Waals surface area (Å²) in [5.74, 6) is 0.577. The molecule has 3 aromatic heterocycles. The smallest absolute Gasteiger partial charge is 0.225 e. The summed E-state index contributed by atoms with van der Waals surface area (Å²) in [5, 5.41) is 33.6. The Morgan fingerprint density at radius 1 is 1.11 bits per heavy atom. The highest BCUT2D eigenvalue weighted by Crippen LogP contribution is 2.38. The van der Waals surface area contributed by atoms with Crippen LogP contribution in [0.5, 0.6) is 0 Å². The number of thiophene rings is 1. The van der Waals surface area contributed by atoms with E-state index in [-0.39, 0.29) is 11.8 Å². The van der Waals surface area contributed by atoms with E-state index in [0.29, 0.717) is 31.3 Å². The number of benzene rings is 1. The molecule has 3 heterocycles. The molecule has 9 nitrogen and oxygen atoms in total. The fraction of sp³-hybridized carbons (Fsp3) is 0.360. The third kappa shape index (κ3) is 5.19. The quantitative estimate of drug-likeness (QED) is 0.237. The molecule has 5 N–H and O–H groups in total. The molecule has 0 saturated heterocycles. The van der Waals surface area contributed by atoms with Crippen molar-refractivity contribution in [1.82, 2.24) is 20.3 Å². The van der Waals surface area contributed by atoms with Crippen LogP contribution in [-0.2, 0) is 11.3 Å². The number of aryl methyl sites for hydroxylation is 1. The Morgan fingerprint density at radius 2 is 1.94 bits per heavy atom. The molecule has 0 spiro atoms. The van der Waals surface area contributed by atoms with Gasteiger partial charge in [-0.2, -0.15) is 4.98 Å². The minimum atomic E-state index is -1.01. The minimum Gasteiger partial charge on any atom is -0.390 e. The van der Waals surface area contributed by atoms with E-state index in [2.05, 4.69) is 16.0 Å². The van der Waals surface area contributed by atoms with Gasteiger partial charge in [0, 0.05) is 24.3 Å². The Hall–Kier alpha value is -3.12. The molecule has 0 unspecified atom stereocenters. The number of aliphatic hydroxyl groups excluding tert-OH is 2. The van der Waals surface area contributed by atoms with Crippen LogP contribution in [0.15, 0.2) is 41.8 Å². The van der Waals surface area contributed by atoms with E-state index in [1.165, 1.54) is 6.92 Å². The lowest BCUT2D eigenvalue weighted by atomic mass is 10.1. The molecule has 1 saturated carbocycles. The number of nitrogens with zero attached hydrogens (tertiary/aromatic N) is 3. The molecule has 36 heavy (non-hydrogen) atoms. The first kappa shape index (κ1) is 24.6. The highest BCUT2D eigenvalue weighted by Gasteiger charge is 2.42. The van der Waals surface area contributed by atoms with Gasteiger partial charge < -0.3 is 26.2 Å². The molecule has 5 rings (SSSR count). The van der Waals surface area contributed by atoms with E-state index in [9.17, 15) is 15.0 Å². The number of hydrogen-bond donors (Lipinski definition) is 5. The number of carbonyl (C=O) groups excluding carboxylic acids is 1. The highest BCUT2D eigenvalue weighted by atomic mass is 32.1. The van der Waals surface area contributed by atoms with Crippen molar-refractivity contribution >= 4 is 50.6 Å². The number of para-hydroxylation sites is 1. The van der Waals surface area contributed by atoms with E-state index in [4.69, 9.17) is 15.0 Å². The second-order valence-corrected chi connectivity index (χ2v) is 11.0. The summed E-state index contributed by atoms with van der Waals surface area (Å²) in [5.41, 5.74) is 2.42. The largest absolute Gasteiger partial charge is 0.390 e. The zero-order chi connectivity index (χ0) is 25.2. The number of fused-ring (bicyclic) bond motifs is 1. The van der Waals surface area contributed by atoms with Crippen LogP contribution in [0, 0.1) is 12.8 Å². The molecule has 1 aromatic carbocycles. The van der Waals surface area contributed by atoms with Crippen molar-refractivity contribution < 1.29 is 15.0 Å². The van der Waals surface area contributed by atoms with Crippen LogP contribution in [0.25, 0.3) is 20.8 Å². The summed E-state index contributed by atoms with van der Waals surface area (Å²) in [6, 6.07) is 11.5. The van der Waals surface area contributed by atoms with Gasteiger partial charge in [0.15, 0.2) is 0 Å². The van der Waals surface area contributed by atoms with E-state index in [1.54, 1.807) is 22.7 Å². The Morgan fingerprint density at radius 3 is 2.69 bits per heavy atom. The molecular weight excluding hydrogens is 496 g/mol. The van der Waals surface area contributed by atoms with E-state index < -0.39 is 18.2 Å². The molecule has 188 valence electrons. The van der Waals surface area contributed by atoms with Crippen LogP contribution in [-0.4, -0.2) is 55.9 Å². The average molecular weight is 525 g/mol. The lowest BCUT2D eigenvalue weighted by Crippen LogP contribution is -2.37. The molecule has 1 amide bonds. The summed E-state index contributed by atoms with van der Waals surface area (Å²) in [6.07, 6.45) is -1.49. The average Bonchev–Trinajstić information content (AvgIpc) is 3.58. The van der Waals surface area contributed by atoms with Crippen molar-refractivity contribution in [2.45, 2.75) is 45.1 Å². The van der Waals surface area contributed by atoms with Crippen LogP contribution in [0.3, 0.4) is 0 Å². The van der Waals surface area contributed by atoms with Crippen molar-refractivity contribution in [2.24, 2.45) is 5.92 Å². The van der Waals surface area contributed by atoms with Gasteiger partial charge in [-0.3, -0.25) is 4.79 Å². The number of aromatic nitrogens is 3. The molecule has 4 atom stereocenters. The minimum absolute atomic E-state index is 0.167. The second kappa shape index (κ2) is 10.5. The summed E-state index contributed by atoms with van der Waals surface area (Å²) < 4.78 is 1.06. The highest BCUT2D eigenvalue weighted by molar-refractivity contribution is 7.21.